The lowest BCUT2D eigenvalue weighted by Crippen LogP contribution is -1.94. The van der Waals surface area contributed by atoms with E-state index in [1.165, 1.54) is 0 Å². The van der Waals surface area contributed by atoms with Gasteiger partial charge < -0.3 is 10.2 Å². The summed E-state index contributed by atoms with van der Waals surface area (Å²) >= 11 is 1.89. The smallest absolute Gasteiger partial charge is 0.134 e. The Morgan fingerprint density at radius 1 is 1.31 bits per heavy atom. The lowest BCUT2D eigenvalue weighted by atomic mass is 10.2. The Morgan fingerprint density at radius 2 is 2.12 bits per heavy atom. The largest absolute Gasteiger partial charge is 0.460 e. The van der Waals surface area contributed by atoms with Gasteiger partial charge in [-0.05, 0) is 22.9 Å². The molecular formula is C13H17NOS. The van der Waals surface area contributed by atoms with Gasteiger partial charge >= 0.3 is 0 Å². The van der Waals surface area contributed by atoms with Gasteiger partial charge in [-0.15, -0.1) is 0 Å². The van der Waals surface area contributed by atoms with Crippen LogP contribution in [0.3, 0.4) is 0 Å². The second kappa shape index (κ2) is 4.93. The van der Waals surface area contributed by atoms with Crippen molar-refractivity contribution >= 4 is 22.7 Å². The van der Waals surface area contributed by atoms with E-state index in [-0.39, 0.29) is 0 Å². The van der Waals surface area contributed by atoms with Gasteiger partial charge in [-0.25, -0.2) is 0 Å². The first-order chi connectivity index (χ1) is 7.69. The fourth-order valence-electron chi connectivity index (χ4n) is 1.58. The Kier molecular flexibility index (Phi) is 3.56. The number of furan rings is 1. The molecule has 1 aromatic heterocycles. The fourth-order valence-corrected chi connectivity index (χ4v) is 2.22. The van der Waals surface area contributed by atoms with Gasteiger partial charge in [0.15, 0.2) is 0 Å². The van der Waals surface area contributed by atoms with E-state index in [0.717, 1.165) is 28.0 Å². The van der Waals surface area contributed by atoms with Gasteiger partial charge in [0.25, 0.3) is 0 Å². The lowest BCUT2D eigenvalue weighted by Gasteiger charge is -2.00. The van der Waals surface area contributed by atoms with Crippen molar-refractivity contribution in [2.75, 3.05) is 0 Å². The van der Waals surface area contributed by atoms with Crippen LogP contribution in [0.25, 0.3) is 11.0 Å². The minimum absolute atomic E-state index is 0.562. The SMILES string of the molecule is CC(C)SCc1cc2ccc(CN)cc2o1. The zero-order chi connectivity index (χ0) is 11.5. The quantitative estimate of drug-likeness (QED) is 0.881. The highest BCUT2D eigenvalue weighted by molar-refractivity contribution is 7.99. The normalized spacial score (nSPS) is 11.5. The van der Waals surface area contributed by atoms with E-state index in [4.69, 9.17) is 10.2 Å². The van der Waals surface area contributed by atoms with Crippen LogP contribution in [0.4, 0.5) is 0 Å². The van der Waals surface area contributed by atoms with Crippen molar-refractivity contribution in [1.82, 2.24) is 0 Å². The number of fused-ring (bicyclic) bond motifs is 1. The van der Waals surface area contributed by atoms with Crippen LogP contribution in [0, 0.1) is 0 Å². The third-order valence-corrected chi connectivity index (χ3v) is 3.55. The molecule has 3 heteroatoms. The highest BCUT2D eigenvalue weighted by Gasteiger charge is 2.05. The molecule has 0 saturated carbocycles. The molecule has 2 nitrogen and oxygen atoms in total. The minimum atomic E-state index is 0.562. The summed E-state index contributed by atoms with van der Waals surface area (Å²) in [7, 11) is 0. The first-order valence-electron chi connectivity index (χ1n) is 5.52. The zero-order valence-corrected chi connectivity index (χ0v) is 10.5. The third-order valence-electron chi connectivity index (χ3n) is 2.43. The van der Waals surface area contributed by atoms with E-state index >= 15 is 0 Å². The summed E-state index contributed by atoms with van der Waals surface area (Å²) < 4.78 is 5.78. The minimum Gasteiger partial charge on any atom is -0.460 e. The van der Waals surface area contributed by atoms with Crippen LogP contribution in [0.1, 0.15) is 25.2 Å². The van der Waals surface area contributed by atoms with Crippen LogP contribution in [0.15, 0.2) is 28.7 Å². The van der Waals surface area contributed by atoms with Crippen molar-refractivity contribution in [1.29, 1.82) is 0 Å². The van der Waals surface area contributed by atoms with E-state index in [0.29, 0.717) is 11.8 Å². The highest BCUT2D eigenvalue weighted by atomic mass is 32.2. The molecule has 0 saturated heterocycles. The number of hydrogen-bond donors (Lipinski definition) is 1. The maximum absolute atomic E-state index is 5.78. The Bertz CT molecular complexity index is 476. The molecule has 2 rings (SSSR count). The molecule has 0 radical (unpaired) electrons. The molecule has 0 spiro atoms. The van der Waals surface area contributed by atoms with Gasteiger partial charge in [-0.1, -0.05) is 26.0 Å². The highest BCUT2D eigenvalue weighted by Crippen LogP contribution is 2.25. The average molecular weight is 235 g/mol. The van der Waals surface area contributed by atoms with Crippen LogP contribution in [-0.2, 0) is 12.3 Å². The number of nitrogens with two attached hydrogens (primary N) is 1. The first kappa shape index (κ1) is 11.6. The van der Waals surface area contributed by atoms with Gasteiger partial charge in [0.05, 0.1) is 5.75 Å². The molecular weight excluding hydrogens is 218 g/mol. The van der Waals surface area contributed by atoms with Gasteiger partial charge in [0.2, 0.25) is 0 Å². The van der Waals surface area contributed by atoms with Crippen LogP contribution in [0.5, 0.6) is 0 Å². The van der Waals surface area contributed by atoms with Crippen LogP contribution in [-0.4, -0.2) is 5.25 Å². The number of rotatable bonds is 4. The van der Waals surface area contributed by atoms with E-state index < -0.39 is 0 Å². The molecule has 16 heavy (non-hydrogen) atoms. The van der Waals surface area contributed by atoms with E-state index in [1.807, 2.05) is 17.8 Å². The molecule has 86 valence electrons. The summed E-state index contributed by atoms with van der Waals surface area (Å²) in [5.41, 5.74) is 7.66. The lowest BCUT2D eigenvalue weighted by molar-refractivity contribution is 0.573. The van der Waals surface area contributed by atoms with Crippen molar-refractivity contribution in [3.05, 3.63) is 35.6 Å². The predicted molar refractivity (Wildman–Crippen MR) is 70.5 cm³/mol. The summed E-state index contributed by atoms with van der Waals surface area (Å²) in [6, 6.07) is 8.27. The first-order valence-corrected chi connectivity index (χ1v) is 6.57. The van der Waals surface area contributed by atoms with Crippen molar-refractivity contribution in [2.24, 2.45) is 5.73 Å². The van der Waals surface area contributed by atoms with Crippen LogP contribution < -0.4 is 5.73 Å². The van der Waals surface area contributed by atoms with E-state index in [1.54, 1.807) is 0 Å². The van der Waals surface area contributed by atoms with E-state index in [2.05, 4.69) is 32.0 Å². The van der Waals surface area contributed by atoms with Gasteiger partial charge in [0, 0.05) is 11.9 Å². The summed E-state index contributed by atoms with van der Waals surface area (Å²) in [4.78, 5) is 0. The molecule has 0 atom stereocenters. The topological polar surface area (TPSA) is 39.2 Å². The molecule has 0 aliphatic carbocycles. The maximum Gasteiger partial charge on any atom is 0.134 e. The summed E-state index contributed by atoms with van der Waals surface area (Å²) in [5.74, 6) is 1.98. The second-order valence-corrected chi connectivity index (χ2v) is 5.71. The molecule has 0 unspecified atom stereocenters. The summed E-state index contributed by atoms with van der Waals surface area (Å²) in [6.07, 6.45) is 0. The van der Waals surface area contributed by atoms with Crippen molar-refractivity contribution < 1.29 is 4.42 Å². The molecule has 2 aromatic rings. The molecule has 1 heterocycles. The van der Waals surface area contributed by atoms with E-state index in [9.17, 15) is 0 Å². The molecule has 0 aliphatic rings. The molecule has 0 fully saturated rings. The van der Waals surface area contributed by atoms with Crippen LogP contribution in [0.2, 0.25) is 0 Å². The Hall–Kier alpha value is -0.930. The number of thioether (sulfide) groups is 1. The molecule has 0 bridgehead atoms. The monoisotopic (exact) mass is 235 g/mol. The predicted octanol–water partition coefficient (Wildman–Crippen LogP) is 3.53. The molecule has 1 aromatic carbocycles. The van der Waals surface area contributed by atoms with Crippen molar-refractivity contribution in [3.63, 3.8) is 0 Å². The van der Waals surface area contributed by atoms with Crippen molar-refractivity contribution in [3.8, 4) is 0 Å². The summed E-state index contributed by atoms with van der Waals surface area (Å²) in [6.45, 7) is 4.95. The van der Waals surface area contributed by atoms with Gasteiger partial charge in [0.1, 0.15) is 11.3 Å². The molecule has 0 amide bonds. The summed E-state index contributed by atoms with van der Waals surface area (Å²) in [5, 5.41) is 1.80. The molecule has 2 N–H and O–H groups in total. The Labute approximate surface area is 100 Å². The Balaban J connectivity index is 2.22. The second-order valence-electron chi connectivity index (χ2n) is 4.15. The number of hydrogen-bond acceptors (Lipinski definition) is 3. The zero-order valence-electron chi connectivity index (χ0n) is 9.69. The average Bonchev–Trinajstić information content (AvgIpc) is 2.67. The number of benzene rings is 1. The molecule has 0 aliphatic heterocycles. The van der Waals surface area contributed by atoms with Crippen molar-refractivity contribution in [2.45, 2.75) is 31.4 Å². The van der Waals surface area contributed by atoms with Gasteiger partial charge in [-0.3, -0.25) is 0 Å². The maximum atomic E-state index is 5.78. The Morgan fingerprint density at radius 3 is 2.81 bits per heavy atom. The van der Waals surface area contributed by atoms with Gasteiger partial charge in [-0.2, -0.15) is 11.8 Å². The fraction of sp³-hybridized carbons (Fsp3) is 0.385. The van der Waals surface area contributed by atoms with Crippen LogP contribution >= 0.6 is 11.8 Å². The third kappa shape index (κ3) is 2.60. The standard InChI is InChI=1S/C13H17NOS/c1-9(2)16-8-12-6-11-4-3-10(7-14)5-13(11)15-12/h3-6,9H,7-8,14H2,1-2H3.